The molecule has 0 aromatic heterocycles. The van der Waals surface area contributed by atoms with Crippen molar-refractivity contribution in [3.8, 4) is 6.07 Å². The smallest absolute Gasteiger partial charge is 0.193 e. The van der Waals surface area contributed by atoms with Crippen molar-refractivity contribution in [3.05, 3.63) is 9.93 Å². The van der Waals surface area contributed by atoms with E-state index in [9.17, 15) is 8.42 Å². The van der Waals surface area contributed by atoms with Gasteiger partial charge in [-0.25, -0.2) is 8.42 Å². The van der Waals surface area contributed by atoms with Gasteiger partial charge in [-0.15, -0.1) is 11.8 Å². The molecule has 0 N–H and O–H groups in total. The maximum Gasteiger partial charge on any atom is 0.193 e. The lowest BCUT2D eigenvalue weighted by molar-refractivity contribution is 0.455. The molecule has 1 rings (SSSR count). The zero-order chi connectivity index (χ0) is 13.1. The molecule has 0 radical (unpaired) electrons. The first-order valence-corrected chi connectivity index (χ1v) is 8.39. The van der Waals surface area contributed by atoms with E-state index in [2.05, 4.69) is 0 Å². The Hall–Kier alpha value is -0.670. The fourth-order valence-corrected chi connectivity index (χ4v) is 4.00. The zero-order valence-corrected chi connectivity index (χ0v) is 12.1. The minimum absolute atomic E-state index is 0.0677. The number of thioether (sulfide) groups is 1. The van der Waals surface area contributed by atoms with Gasteiger partial charge in [0, 0.05) is 13.1 Å². The van der Waals surface area contributed by atoms with Crippen molar-refractivity contribution < 1.29 is 8.42 Å². The Bertz CT molecular complexity index is 441. The molecular weight excluding hydrogens is 256 g/mol. The van der Waals surface area contributed by atoms with Crippen LogP contribution in [0.25, 0.3) is 0 Å². The predicted octanol–water partition coefficient (Wildman–Crippen LogP) is 1.96. The van der Waals surface area contributed by atoms with Crippen LogP contribution < -0.4 is 0 Å². The number of nitrogens with zero attached hydrogens (tertiary/aromatic N) is 2. The molecule has 6 heteroatoms. The second-order valence-corrected chi connectivity index (χ2v) is 7.47. The van der Waals surface area contributed by atoms with Gasteiger partial charge in [0.15, 0.2) is 14.7 Å². The Morgan fingerprint density at radius 3 is 2.24 bits per heavy atom. The third-order valence-electron chi connectivity index (χ3n) is 2.79. The van der Waals surface area contributed by atoms with Crippen molar-refractivity contribution in [3.63, 3.8) is 0 Å². The Balaban J connectivity index is 3.25. The van der Waals surface area contributed by atoms with Crippen LogP contribution in [0.1, 0.15) is 26.7 Å². The van der Waals surface area contributed by atoms with Gasteiger partial charge in [-0.1, -0.05) is 0 Å². The van der Waals surface area contributed by atoms with Gasteiger partial charge in [0.25, 0.3) is 0 Å². The highest BCUT2D eigenvalue weighted by Crippen LogP contribution is 2.29. The molecule has 96 valence electrons. The third kappa shape index (κ3) is 2.96. The van der Waals surface area contributed by atoms with E-state index in [4.69, 9.17) is 5.26 Å². The molecule has 0 spiro atoms. The monoisotopic (exact) mass is 274 g/mol. The Morgan fingerprint density at radius 2 is 1.88 bits per heavy atom. The summed E-state index contributed by atoms with van der Waals surface area (Å²) in [7, 11) is -3.48. The minimum Gasteiger partial charge on any atom is -0.365 e. The molecule has 1 aliphatic rings. The lowest BCUT2D eigenvalue weighted by Gasteiger charge is -2.21. The summed E-state index contributed by atoms with van der Waals surface area (Å²) in [5, 5.41) is 9.20. The van der Waals surface area contributed by atoms with Crippen molar-refractivity contribution in [2.24, 2.45) is 0 Å². The van der Waals surface area contributed by atoms with Crippen LogP contribution in [0.2, 0.25) is 0 Å². The van der Waals surface area contributed by atoms with E-state index >= 15 is 0 Å². The van der Waals surface area contributed by atoms with Crippen molar-refractivity contribution in [1.29, 1.82) is 5.26 Å². The van der Waals surface area contributed by atoms with Gasteiger partial charge in [-0.05, 0) is 32.9 Å². The zero-order valence-electron chi connectivity index (χ0n) is 10.4. The molecule has 1 aliphatic heterocycles. The summed E-state index contributed by atoms with van der Waals surface area (Å²) in [6.07, 6.45) is 3.94. The molecule has 1 fully saturated rings. The molecule has 1 saturated heterocycles. The molecule has 0 amide bonds. The summed E-state index contributed by atoms with van der Waals surface area (Å²) in [6.45, 7) is 4.90. The summed E-state index contributed by atoms with van der Waals surface area (Å²) < 4.78 is 24.2. The van der Waals surface area contributed by atoms with Crippen LogP contribution in [0.3, 0.4) is 0 Å². The molecule has 0 atom stereocenters. The normalized spacial score (nSPS) is 18.2. The molecule has 0 aromatic carbocycles. The molecule has 0 saturated carbocycles. The second kappa shape index (κ2) is 5.78. The summed E-state index contributed by atoms with van der Waals surface area (Å²) >= 11 is 1.35. The van der Waals surface area contributed by atoms with Gasteiger partial charge in [-0.2, -0.15) is 5.26 Å². The van der Waals surface area contributed by atoms with E-state index in [0.717, 1.165) is 25.9 Å². The molecule has 0 unspecified atom stereocenters. The van der Waals surface area contributed by atoms with Gasteiger partial charge in [0.1, 0.15) is 11.1 Å². The van der Waals surface area contributed by atoms with Gasteiger partial charge >= 0.3 is 0 Å². The molecule has 4 nitrogen and oxygen atoms in total. The van der Waals surface area contributed by atoms with E-state index in [1.54, 1.807) is 13.8 Å². The number of allylic oxidation sites excluding steroid dienone is 1. The van der Waals surface area contributed by atoms with Crippen LogP contribution >= 0.6 is 11.8 Å². The quantitative estimate of drug-likeness (QED) is 0.733. The molecular formula is C11H18N2O2S2. The van der Waals surface area contributed by atoms with E-state index < -0.39 is 15.1 Å². The molecule has 17 heavy (non-hydrogen) atoms. The lowest BCUT2D eigenvalue weighted by Crippen LogP contribution is -2.23. The first kappa shape index (κ1) is 14.4. The van der Waals surface area contributed by atoms with Crippen LogP contribution in [0.5, 0.6) is 0 Å². The number of rotatable bonds is 4. The predicted molar refractivity (Wildman–Crippen MR) is 71.0 cm³/mol. The molecule has 0 aromatic rings. The number of hydrogen-bond donors (Lipinski definition) is 0. The summed E-state index contributed by atoms with van der Waals surface area (Å²) in [4.78, 5) is 1.94. The topological polar surface area (TPSA) is 61.2 Å². The van der Waals surface area contributed by atoms with Crippen molar-refractivity contribution >= 4 is 21.6 Å². The minimum atomic E-state index is -3.48. The largest absolute Gasteiger partial charge is 0.365 e. The maximum atomic E-state index is 12.1. The van der Waals surface area contributed by atoms with Crippen molar-refractivity contribution in [2.75, 3.05) is 19.3 Å². The van der Waals surface area contributed by atoms with Gasteiger partial charge in [0.2, 0.25) is 0 Å². The van der Waals surface area contributed by atoms with E-state index in [-0.39, 0.29) is 4.91 Å². The summed E-state index contributed by atoms with van der Waals surface area (Å²) in [5.74, 6) is 0. The van der Waals surface area contributed by atoms with Gasteiger partial charge < -0.3 is 4.90 Å². The molecule has 1 heterocycles. The average Bonchev–Trinajstić information content (AvgIpc) is 2.78. The van der Waals surface area contributed by atoms with Crippen molar-refractivity contribution in [1.82, 2.24) is 4.90 Å². The Morgan fingerprint density at radius 1 is 1.35 bits per heavy atom. The average molecular weight is 274 g/mol. The highest BCUT2D eigenvalue weighted by atomic mass is 32.2. The Kier molecular flexibility index (Phi) is 4.90. The number of likely N-dealkylation sites (tertiary alicyclic amines) is 1. The fourth-order valence-electron chi connectivity index (χ4n) is 1.75. The lowest BCUT2D eigenvalue weighted by atomic mass is 10.4. The fraction of sp³-hybridized carbons (Fsp3) is 0.727. The highest BCUT2D eigenvalue weighted by molar-refractivity contribution is 8.04. The van der Waals surface area contributed by atoms with Crippen LogP contribution in [-0.4, -0.2) is 37.9 Å². The maximum absolute atomic E-state index is 12.1. The number of sulfone groups is 1. The number of nitriles is 1. The van der Waals surface area contributed by atoms with Crippen molar-refractivity contribution in [2.45, 2.75) is 31.9 Å². The highest BCUT2D eigenvalue weighted by Gasteiger charge is 2.29. The van der Waals surface area contributed by atoms with E-state index in [1.807, 2.05) is 17.2 Å². The first-order chi connectivity index (χ1) is 7.95. The van der Waals surface area contributed by atoms with Gasteiger partial charge in [-0.3, -0.25) is 0 Å². The molecule has 0 aliphatic carbocycles. The van der Waals surface area contributed by atoms with E-state index in [1.165, 1.54) is 11.8 Å². The summed E-state index contributed by atoms with van der Waals surface area (Å²) in [5.41, 5.74) is 0. The summed E-state index contributed by atoms with van der Waals surface area (Å²) in [6, 6.07) is 1.88. The van der Waals surface area contributed by atoms with Crippen LogP contribution in [0.15, 0.2) is 9.93 Å². The Labute approximate surface area is 108 Å². The second-order valence-electron chi connectivity index (χ2n) is 4.24. The standard InChI is InChI=1S/C11H18N2O2S2/c1-9(2)17(14,15)10(8-12)11(16-3)13-6-4-5-7-13/h9H,4-7H2,1-3H3/b11-10+. The first-order valence-electron chi connectivity index (χ1n) is 5.62. The van der Waals surface area contributed by atoms with Crippen LogP contribution in [0.4, 0.5) is 0 Å². The van der Waals surface area contributed by atoms with Crippen LogP contribution in [-0.2, 0) is 9.84 Å². The third-order valence-corrected chi connectivity index (χ3v) is 5.86. The number of hydrogen-bond acceptors (Lipinski definition) is 5. The van der Waals surface area contributed by atoms with Gasteiger partial charge in [0.05, 0.1) is 5.25 Å². The van der Waals surface area contributed by atoms with E-state index in [0.29, 0.717) is 5.03 Å². The molecule has 0 bridgehead atoms. The van der Waals surface area contributed by atoms with Crippen LogP contribution in [0, 0.1) is 11.3 Å². The SMILES string of the molecule is CS/C(=C(\C#N)S(=O)(=O)C(C)C)N1CCCC1.